The van der Waals surface area contributed by atoms with Gasteiger partial charge in [0.05, 0.1) is 4.90 Å². The SMILES string of the molecule is CC(C)(C)c1ccc(C(=O)c2cccc(NC(=O)c3cccc(NS(=O)(=O)c4ccccc4)c3)c2)cc1. The van der Waals surface area contributed by atoms with Gasteiger partial charge in [0.25, 0.3) is 15.9 Å². The molecule has 188 valence electrons. The van der Waals surface area contributed by atoms with Gasteiger partial charge in [-0.25, -0.2) is 8.42 Å². The number of benzene rings is 4. The molecule has 2 N–H and O–H groups in total. The molecule has 1 amide bonds. The van der Waals surface area contributed by atoms with Gasteiger partial charge in [-0.05, 0) is 53.4 Å². The van der Waals surface area contributed by atoms with E-state index in [1.165, 1.54) is 18.2 Å². The summed E-state index contributed by atoms with van der Waals surface area (Å²) in [5, 5.41) is 2.79. The summed E-state index contributed by atoms with van der Waals surface area (Å²) in [4.78, 5) is 26.1. The average Bonchev–Trinajstić information content (AvgIpc) is 2.88. The van der Waals surface area contributed by atoms with E-state index in [9.17, 15) is 18.0 Å². The van der Waals surface area contributed by atoms with E-state index in [1.807, 2.05) is 24.3 Å². The van der Waals surface area contributed by atoms with Gasteiger partial charge < -0.3 is 5.32 Å². The highest BCUT2D eigenvalue weighted by Gasteiger charge is 2.17. The fourth-order valence-electron chi connectivity index (χ4n) is 3.77. The molecule has 0 heterocycles. The summed E-state index contributed by atoms with van der Waals surface area (Å²) in [6.07, 6.45) is 0. The number of ketones is 1. The van der Waals surface area contributed by atoms with Crippen molar-refractivity contribution >= 4 is 33.1 Å². The Morgan fingerprint density at radius 3 is 1.89 bits per heavy atom. The number of carbonyl (C=O) groups excluding carboxylic acids is 2. The molecule has 0 saturated heterocycles. The second kappa shape index (κ2) is 10.4. The summed E-state index contributed by atoms with van der Waals surface area (Å²) in [7, 11) is -3.79. The first-order valence-electron chi connectivity index (χ1n) is 11.8. The van der Waals surface area contributed by atoms with Crippen molar-refractivity contribution in [3.05, 3.63) is 125 Å². The molecule has 0 fully saturated rings. The highest BCUT2D eigenvalue weighted by molar-refractivity contribution is 7.92. The first-order chi connectivity index (χ1) is 17.5. The van der Waals surface area contributed by atoms with Crippen molar-refractivity contribution < 1.29 is 18.0 Å². The molecule has 6 nitrogen and oxygen atoms in total. The second-order valence-corrected chi connectivity index (χ2v) is 11.4. The van der Waals surface area contributed by atoms with Crippen LogP contribution in [-0.4, -0.2) is 20.1 Å². The van der Waals surface area contributed by atoms with E-state index in [0.717, 1.165) is 5.56 Å². The highest BCUT2D eigenvalue weighted by Crippen LogP contribution is 2.24. The number of hydrogen-bond acceptors (Lipinski definition) is 4. The quantitative estimate of drug-likeness (QED) is 0.286. The summed E-state index contributed by atoms with van der Waals surface area (Å²) >= 11 is 0. The van der Waals surface area contributed by atoms with Crippen molar-refractivity contribution in [2.75, 3.05) is 10.0 Å². The van der Waals surface area contributed by atoms with E-state index in [-0.39, 0.29) is 27.3 Å². The third kappa shape index (κ3) is 6.32. The predicted octanol–water partition coefficient (Wildman–Crippen LogP) is 6.27. The molecule has 0 bridgehead atoms. The molecule has 7 heteroatoms. The molecule has 0 aliphatic carbocycles. The van der Waals surface area contributed by atoms with E-state index in [1.54, 1.807) is 60.7 Å². The zero-order valence-electron chi connectivity index (χ0n) is 20.9. The summed E-state index contributed by atoms with van der Waals surface area (Å²) in [5.74, 6) is -0.575. The van der Waals surface area contributed by atoms with Gasteiger partial charge in [-0.3, -0.25) is 14.3 Å². The minimum absolute atomic E-state index is 0.00959. The molecule has 0 aromatic heterocycles. The number of anilines is 2. The molecule has 0 aliphatic heterocycles. The van der Waals surface area contributed by atoms with Gasteiger partial charge >= 0.3 is 0 Å². The van der Waals surface area contributed by atoms with Gasteiger partial charge in [0.15, 0.2) is 5.78 Å². The maximum atomic E-state index is 13.0. The Bertz CT molecular complexity index is 1540. The Morgan fingerprint density at radius 2 is 1.24 bits per heavy atom. The lowest BCUT2D eigenvalue weighted by Crippen LogP contribution is -2.15. The molecule has 0 atom stereocenters. The van der Waals surface area contributed by atoms with Gasteiger partial charge in [-0.15, -0.1) is 0 Å². The van der Waals surface area contributed by atoms with Crippen LogP contribution in [0.25, 0.3) is 0 Å². The Labute approximate surface area is 217 Å². The molecule has 4 aromatic rings. The number of hydrogen-bond donors (Lipinski definition) is 2. The van der Waals surface area contributed by atoms with E-state index >= 15 is 0 Å². The fraction of sp³-hybridized carbons (Fsp3) is 0.133. The van der Waals surface area contributed by atoms with Gasteiger partial charge in [-0.2, -0.15) is 0 Å². The number of carbonyl (C=O) groups is 2. The van der Waals surface area contributed by atoms with Gasteiger partial charge in [0, 0.05) is 28.1 Å². The van der Waals surface area contributed by atoms with E-state index in [2.05, 4.69) is 30.8 Å². The highest BCUT2D eigenvalue weighted by atomic mass is 32.2. The van der Waals surface area contributed by atoms with E-state index < -0.39 is 15.9 Å². The van der Waals surface area contributed by atoms with Crippen molar-refractivity contribution in [2.45, 2.75) is 31.1 Å². The van der Waals surface area contributed by atoms with E-state index in [4.69, 9.17) is 0 Å². The lowest BCUT2D eigenvalue weighted by Gasteiger charge is -2.19. The smallest absolute Gasteiger partial charge is 0.261 e. The van der Waals surface area contributed by atoms with E-state index in [0.29, 0.717) is 16.8 Å². The van der Waals surface area contributed by atoms with Crippen LogP contribution in [0.15, 0.2) is 108 Å². The monoisotopic (exact) mass is 512 g/mol. The lowest BCUT2D eigenvalue weighted by atomic mass is 9.86. The first-order valence-corrected chi connectivity index (χ1v) is 13.3. The summed E-state index contributed by atoms with van der Waals surface area (Å²) in [6, 6.07) is 28.5. The molecule has 0 saturated carbocycles. The third-order valence-electron chi connectivity index (χ3n) is 5.83. The molecule has 0 radical (unpaired) electrons. The van der Waals surface area contributed by atoms with Crippen molar-refractivity contribution in [1.82, 2.24) is 0 Å². The largest absolute Gasteiger partial charge is 0.322 e. The number of nitrogens with one attached hydrogen (secondary N) is 2. The zero-order valence-corrected chi connectivity index (χ0v) is 21.7. The third-order valence-corrected chi connectivity index (χ3v) is 7.22. The molecular weight excluding hydrogens is 484 g/mol. The van der Waals surface area contributed by atoms with Crippen LogP contribution >= 0.6 is 0 Å². The first kappa shape index (κ1) is 25.9. The van der Waals surface area contributed by atoms with Gasteiger partial charge in [-0.1, -0.05) is 81.4 Å². The average molecular weight is 513 g/mol. The molecule has 0 aliphatic rings. The summed E-state index contributed by atoms with van der Waals surface area (Å²) < 4.78 is 27.7. The zero-order chi connectivity index (χ0) is 26.6. The molecule has 4 aromatic carbocycles. The Balaban J connectivity index is 1.48. The van der Waals surface area contributed by atoms with Crippen LogP contribution in [0, 0.1) is 0 Å². The van der Waals surface area contributed by atoms with Crippen LogP contribution in [0.5, 0.6) is 0 Å². The minimum atomic E-state index is -3.79. The van der Waals surface area contributed by atoms with Crippen LogP contribution in [0.4, 0.5) is 11.4 Å². The Kier molecular flexibility index (Phi) is 7.27. The van der Waals surface area contributed by atoms with Crippen LogP contribution in [0.1, 0.15) is 52.6 Å². The molecule has 0 spiro atoms. The minimum Gasteiger partial charge on any atom is -0.322 e. The number of amides is 1. The van der Waals surface area contributed by atoms with Crippen molar-refractivity contribution in [2.24, 2.45) is 0 Å². The molecule has 0 unspecified atom stereocenters. The summed E-state index contributed by atoms with van der Waals surface area (Å²) in [5.41, 5.74) is 3.13. The van der Waals surface area contributed by atoms with Crippen LogP contribution in [0.3, 0.4) is 0 Å². The van der Waals surface area contributed by atoms with Gasteiger partial charge in [0.1, 0.15) is 0 Å². The number of sulfonamides is 1. The van der Waals surface area contributed by atoms with Crippen molar-refractivity contribution in [3.63, 3.8) is 0 Å². The Hall–Kier alpha value is -4.23. The second-order valence-electron chi connectivity index (χ2n) is 9.69. The maximum absolute atomic E-state index is 13.0. The van der Waals surface area contributed by atoms with Crippen LogP contribution in [-0.2, 0) is 15.4 Å². The van der Waals surface area contributed by atoms with Gasteiger partial charge in [0.2, 0.25) is 0 Å². The molecule has 37 heavy (non-hydrogen) atoms. The molecule has 4 rings (SSSR count). The van der Waals surface area contributed by atoms with Crippen molar-refractivity contribution in [1.29, 1.82) is 0 Å². The maximum Gasteiger partial charge on any atom is 0.261 e. The lowest BCUT2D eigenvalue weighted by molar-refractivity contribution is 0.102. The summed E-state index contributed by atoms with van der Waals surface area (Å²) in [6.45, 7) is 6.35. The Morgan fingerprint density at radius 1 is 0.649 bits per heavy atom. The standard InChI is InChI=1S/C30H28N2O4S/c1-30(2,3)24-17-15-21(16-18-24)28(33)22-9-7-11-25(19-22)31-29(34)23-10-8-12-26(20-23)32-37(35,36)27-13-5-4-6-14-27/h4-20,32H,1-3H3,(H,31,34). The topological polar surface area (TPSA) is 92.3 Å². The normalized spacial score (nSPS) is 11.5. The fourth-order valence-corrected chi connectivity index (χ4v) is 4.84. The van der Waals surface area contributed by atoms with Crippen LogP contribution < -0.4 is 10.0 Å². The van der Waals surface area contributed by atoms with Crippen LogP contribution in [0.2, 0.25) is 0 Å². The number of rotatable bonds is 7. The van der Waals surface area contributed by atoms with Crippen molar-refractivity contribution in [3.8, 4) is 0 Å². The predicted molar refractivity (Wildman–Crippen MR) is 147 cm³/mol. The molecular formula is C30H28N2O4S.